The van der Waals surface area contributed by atoms with E-state index in [1.54, 1.807) is 12.4 Å². The molecule has 0 amide bonds. The summed E-state index contributed by atoms with van der Waals surface area (Å²) in [6, 6.07) is 0.0396. The summed E-state index contributed by atoms with van der Waals surface area (Å²) >= 11 is 0. The van der Waals surface area contributed by atoms with Gasteiger partial charge >= 0.3 is 0 Å². The molecule has 3 aromatic rings. The summed E-state index contributed by atoms with van der Waals surface area (Å²) in [7, 11) is 0. The molecule has 3 aromatic heterocycles. The van der Waals surface area contributed by atoms with Gasteiger partial charge in [-0.05, 0) is 26.7 Å². The van der Waals surface area contributed by atoms with Crippen LogP contribution in [0.25, 0.3) is 22.6 Å². The Balaban J connectivity index is 1.75. The van der Waals surface area contributed by atoms with E-state index in [1.807, 2.05) is 20.8 Å². The van der Waals surface area contributed by atoms with Crippen molar-refractivity contribution in [2.45, 2.75) is 64.9 Å². The molecule has 0 radical (unpaired) electrons. The highest BCUT2D eigenvalue weighted by molar-refractivity contribution is 5.86. The molecule has 170 valence electrons. The summed E-state index contributed by atoms with van der Waals surface area (Å²) < 4.78 is 22.7. The number of piperidine rings is 1. The topological polar surface area (TPSA) is 108 Å². The molecular formula is C22H29FN8O. The van der Waals surface area contributed by atoms with Crippen molar-refractivity contribution in [2.24, 2.45) is 5.92 Å². The minimum absolute atomic E-state index is 0.0396. The Hall–Kier alpha value is -2.88. The van der Waals surface area contributed by atoms with Crippen molar-refractivity contribution in [3.05, 3.63) is 18.2 Å². The van der Waals surface area contributed by atoms with Crippen LogP contribution in [-0.4, -0.2) is 54.9 Å². The van der Waals surface area contributed by atoms with Gasteiger partial charge in [0.1, 0.15) is 17.6 Å². The lowest BCUT2D eigenvalue weighted by molar-refractivity contribution is -0.0530. The second-order valence-electron chi connectivity index (χ2n) is 9.26. The summed E-state index contributed by atoms with van der Waals surface area (Å²) in [5.41, 5.74) is 7.28. The second-order valence-corrected chi connectivity index (χ2v) is 9.26. The first-order chi connectivity index (χ1) is 15.3. The molecule has 32 heavy (non-hydrogen) atoms. The Bertz CT molecular complexity index is 1150. The van der Waals surface area contributed by atoms with Crippen LogP contribution in [0.2, 0.25) is 0 Å². The third kappa shape index (κ3) is 3.37. The number of hydrogen-bond acceptors (Lipinski definition) is 8. The molecule has 2 aliphatic heterocycles. The molecule has 1 fully saturated rings. The van der Waals surface area contributed by atoms with Crippen LogP contribution in [0.3, 0.4) is 0 Å². The third-order valence-electron chi connectivity index (χ3n) is 6.61. The first kappa shape index (κ1) is 21.0. The maximum Gasteiger partial charge on any atom is 0.219 e. The van der Waals surface area contributed by atoms with Gasteiger partial charge in [0, 0.05) is 37.4 Å². The normalized spacial score (nSPS) is 25.2. The van der Waals surface area contributed by atoms with Crippen molar-refractivity contribution < 1.29 is 9.13 Å². The van der Waals surface area contributed by atoms with Gasteiger partial charge in [-0.25, -0.2) is 29.3 Å². The van der Waals surface area contributed by atoms with Gasteiger partial charge < -0.3 is 19.9 Å². The Morgan fingerprint density at radius 1 is 1.22 bits per heavy atom. The first-order valence-electron chi connectivity index (χ1n) is 11.2. The van der Waals surface area contributed by atoms with Crippen molar-refractivity contribution in [1.82, 2.24) is 29.5 Å². The number of nitrogens with two attached hydrogens (primary N) is 1. The van der Waals surface area contributed by atoms with Gasteiger partial charge in [0.15, 0.2) is 22.8 Å². The van der Waals surface area contributed by atoms with E-state index in [2.05, 4.69) is 26.4 Å². The van der Waals surface area contributed by atoms with Crippen LogP contribution in [0.4, 0.5) is 16.2 Å². The highest BCUT2D eigenvalue weighted by Crippen LogP contribution is 2.38. The summed E-state index contributed by atoms with van der Waals surface area (Å²) in [5, 5.41) is 0. The van der Waals surface area contributed by atoms with Gasteiger partial charge in [0.25, 0.3) is 0 Å². The number of nitrogen functional groups attached to an aromatic ring is 1. The van der Waals surface area contributed by atoms with Crippen LogP contribution < -0.4 is 10.6 Å². The van der Waals surface area contributed by atoms with E-state index in [1.165, 1.54) is 0 Å². The molecule has 0 aromatic carbocycles. The number of rotatable bonds is 3. The molecule has 2 N–H and O–H groups in total. The van der Waals surface area contributed by atoms with Crippen LogP contribution in [0, 0.1) is 5.92 Å². The standard InChI is InChI=1S/C22H29FN8O/c1-5-14-8-15(23)12(2)11-31(14)19-16-18(30-6-7-32-22(3,4)20(30)27-16)28-17(29-19)13-9-25-21(24)26-10-13/h9-10,12,14-15H,5-8,11H2,1-4H3,(H2,24,25,26). The number of hydrogen-bond donors (Lipinski definition) is 1. The van der Waals surface area contributed by atoms with E-state index in [0.29, 0.717) is 37.5 Å². The Labute approximate surface area is 186 Å². The van der Waals surface area contributed by atoms with E-state index >= 15 is 0 Å². The fraction of sp³-hybridized carbons (Fsp3) is 0.591. The predicted molar refractivity (Wildman–Crippen MR) is 120 cm³/mol. The number of fused-ring (bicyclic) bond motifs is 3. The number of ether oxygens (including phenoxy) is 1. The van der Waals surface area contributed by atoms with Gasteiger partial charge in [-0.3, -0.25) is 0 Å². The smallest absolute Gasteiger partial charge is 0.219 e. The molecule has 5 heterocycles. The van der Waals surface area contributed by atoms with Gasteiger partial charge in [-0.1, -0.05) is 13.8 Å². The number of nitrogens with zero attached hydrogens (tertiary/aromatic N) is 7. The quantitative estimate of drug-likeness (QED) is 0.662. The van der Waals surface area contributed by atoms with Gasteiger partial charge in [0.2, 0.25) is 5.95 Å². The lowest BCUT2D eigenvalue weighted by Crippen LogP contribution is -2.48. The molecule has 0 spiro atoms. The van der Waals surface area contributed by atoms with E-state index in [4.69, 9.17) is 25.4 Å². The van der Waals surface area contributed by atoms with E-state index < -0.39 is 11.8 Å². The van der Waals surface area contributed by atoms with Crippen LogP contribution in [-0.2, 0) is 16.9 Å². The highest BCUT2D eigenvalue weighted by Gasteiger charge is 2.38. The van der Waals surface area contributed by atoms with Crippen LogP contribution in [0.5, 0.6) is 0 Å². The molecule has 5 rings (SSSR count). The minimum atomic E-state index is -0.818. The molecule has 0 saturated carbocycles. The van der Waals surface area contributed by atoms with Crippen LogP contribution in [0.15, 0.2) is 12.4 Å². The van der Waals surface area contributed by atoms with Gasteiger partial charge in [-0.15, -0.1) is 0 Å². The molecule has 3 unspecified atom stereocenters. The van der Waals surface area contributed by atoms with Gasteiger partial charge in [-0.2, -0.15) is 0 Å². The van der Waals surface area contributed by atoms with E-state index in [0.717, 1.165) is 29.2 Å². The Morgan fingerprint density at radius 2 is 1.97 bits per heavy atom. The average Bonchev–Trinajstić information content (AvgIpc) is 3.15. The number of alkyl halides is 1. The fourth-order valence-electron chi connectivity index (χ4n) is 4.74. The lowest BCUT2D eigenvalue weighted by atomic mass is 9.91. The number of aromatic nitrogens is 6. The molecule has 0 aliphatic carbocycles. The lowest BCUT2D eigenvalue weighted by Gasteiger charge is -2.41. The average molecular weight is 441 g/mol. The van der Waals surface area contributed by atoms with Crippen molar-refractivity contribution >= 4 is 22.9 Å². The largest absolute Gasteiger partial charge is 0.368 e. The molecule has 1 saturated heterocycles. The maximum absolute atomic E-state index is 14.6. The summed E-state index contributed by atoms with van der Waals surface area (Å²) in [6.45, 7) is 9.87. The predicted octanol–water partition coefficient (Wildman–Crippen LogP) is 3.09. The molecular weight excluding hydrogens is 411 g/mol. The van der Waals surface area contributed by atoms with Crippen molar-refractivity contribution in [1.29, 1.82) is 0 Å². The maximum atomic E-state index is 14.6. The monoisotopic (exact) mass is 440 g/mol. The van der Waals surface area contributed by atoms with Crippen molar-refractivity contribution in [2.75, 3.05) is 23.8 Å². The number of anilines is 2. The Morgan fingerprint density at radius 3 is 2.69 bits per heavy atom. The summed E-state index contributed by atoms with van der Waals surface area (Å²) in [5.74, 6) is 2.15. The van der Waals surface area contributed by atoms with E-state index in [9.17, 15) is 4.39 Å². The molecule has 0 bridgehead atoms. The van der Waals surface area contributed by atoms with Gasteiger partial charge in [0.05, 0.1) is 12.2 Å². The zero-order chi connectivity index (χ0) is 22.6. The zero-order valence-corrected chi connectivity index (χ0v) is 18.9. The zero-order valence-electron chi connectivity index (χ0n) is 18.9. The first-order valence-corrected chi connectivity index (χ1v) is 11.2. The number of halogens is 1. The SMILES string of the molecule is CCC1CC(F)C(C)CN1c1nc(-c2cnc(N)nc2)nc2c1nc1n2CCOC1(C)C. The number of imidazole rings is 1. The van der Waals surface area contributed by atoms with Crippen molar-refractivity contribution in [3.63, 3.8) is 0 Å². The second kappa shape index (κ2) is 7.61. The highest BCUT2D eigenvalue weighted by atomic mass is 19.1. The Kier molecular flexibility index (Phi) is 4.99. The van der Waals surface area contributed by atoms with Crippen molar-refractivity contribution in [3.8, 4) is 11.4 Å². The molecule has 2 aliphatic rings. The third-order valence-corrected chi connectivity index (χ3v) is 6.61. The minimum Gasteiger partial charge on any atom is -0.368 e. The molecule has 9 nitrogen and oxygen atoms in total. The molecule has 10 heteroatoms. The van der Waals surface area contributed by atoms with Crippen LogP contribution in [0.1, 0.15) is 46.4 Å². The van der Waals surface area contributed by atoms with Crippen LogP contribution >= 0.6 is 0 Å². The molecule has 3 atom stereocenters. The van der Waals surface area contributed by atoms with E-state index in [-0.39, 0.29) is 17.9 Å². The summed E-state index contributed by atoms with van der Waals surface area (Å²) in [4.78, 5) is 25.2. The fourth-order valence-corrected chi connectivity index (χ4v) is 4.74. The summed E-state index contributed by atoms with van der Waals surface area (Å²) in [6.07, 6.45) is 3.73.